The lowest BCUT2D eigenvalue weighted by Crippen LogP contribution is -2.27. The molecular weight excluding hydrogens is 298 g/mol. The van der Waals surface area contributed by atoms with Crippen LogP contribution in [-0.2, 0) is 4.79 Å². The fourth-order valence-electron chi connectivity index (χ4n) is 2.70. The summed E-state index contributed by atoms with van der Waals surface area (Å²) < 4.78 is 0. The fourth-order valence-corrected chi connectivity index (χ4v) is 4.14. The number of amides is 1. The highest BCUT2D eigenvalue weighted by Gasteiger charge is 2.23. The van der Waals surface area contributed by atoms with Crippen molar-refractivity contribution in [2.45, 2.75) is 55.9 Å². The highest BCUT2D eigenvalue weighted by molar-refractivity contribution is 8.01. The Kier molecular flexibility index (Phi) is 6.31. The van der Waals surface area contributed by atoms with Crippen LogP contribution in [-0.4, -0.2) is 27.5 Å². The van der Waals surface area contributed by atoms with Crippen molar-refractivity contribution in [1.29, 1.82) is 0 Å². The molecule has 0 radical (unpaired) electrons. The lowest BCUT2D eigenvalue weighted by molar-refractivity contribution is -0.115. The van der Waals surface area contributed by atoms with Crippen LogP contribution in [0.1, 0.15) is 55.8 Å². The van der Waals surface area contributed by atoms with E-state index in [9.17, 15) is 9.59 Å². The number of nitrogens with one attached hydrogen (secondary N) is 1. The second-order valence-electron chi connectivity index (χ2n) is 5.66. The van der Waals surface area contributed by atoms with Gasteiger partial charge in [-0.1, -0.05) is 26.2 Å². The Labute approximate surface area is 135 Å². The normalized spacial score (nSPS) is 17.0. The molecule has 1 atom stereocenters. The molecule has 1 fully saturated rings. The van der Waals surface area contributed by atoms with Gasteiger partial charge in [0.2, 0.25) is 5.91 Å². The van der Waals surface area contributed by atoms with Crippen molar-refractivity contribution in [3.8, 4) is 0 Å². The lowest BCUT2D eigenvalue weighted by Gasteiger charge is -2.25. The topological polar surface area (TPSA) is 66.4 Å². The van der Waals surface area contributed by atoms with Crippen LogP contribution in [0.3, 0.4) is 0 Å². The van der Waals surface area contributed by atoms with E-state index in [2.05, 4.69) is 5.32 Å². The second kappa shape index (κ2) is 8.22. The number of anilines is 1. The molecule has 0 saturated heterocycles. The van der Waals surface area contributed by atoms with Crippen LogP contribution >= 0.6 is 11.8 Å². The average Bonchev–Trinajstić information content (AvgIpc) is 2.54. The van der Waals surface area contributed by atoms with Crippen LogP contribution in [0.2, 0.25) is 0 Å². The summed E-state index contributed by atoms with van der Waals surface area (Å²) in [5.41, 5.74) is 0.874. The smallest absolute Gasteiger partial charge is 0.335 e. The molecule has 0 spiro atoms. The monoisotopic (exact) mass is 321 g/mol. The Balaban J connectivity index is 1.91. The number of carbonyl (C=O) groups excluding carboxylic acids is 1. The van der Waals surface area contributed by atoms with E-state index in [0.717, 1.165) is 6.42 Å². The molecule has 0 aliphatic heterocycles. The van der Waals surface area contributed by atoms with Gasteiger partial charge in [0, 0.05) is 10.9 Å². The highest BCUT2D eigenvalue weighted by atomic mass is 32.2. The van der Waals surface area contributed by atoms with Crippen LogP contribution < -0.4 is 5.32 Å². The van der Waals surface area contributed by atoms with E-state index < -0.39 is 5.97 Å². The SMILES string of the molecule is CCC(SC1CCCCC1)C(=O)Nc1ccc(C(=O)O)cc1. The molecule has 1 aromatic rings. The molecule has 1 amide bonds. The van der Waals surface area contributed by atoms with Gasteiger partial charge in [-0.15, -0.1) is 11.8 Å². The minimum atomic E-state index is -0.961. The molecule has 1 aromatic carbocycles. The van der Waals surface area contributed by atoms with E-state index in [4.69, 9.17) is 5.11 Å². The number of carboxylic acid groups (broad SMARTS) is 1. The molecule has 4 nitrogen and oxygen atoms in total. The Hall–Kier alpha value is -1.49. The summed E-state index contributed by atoms with van der Waals surface area (Å²) in [7, 11) is 0. The zero-order chi connectivity index (χ0) is 15.9. The molecule has 1 saturated carbocycles. The third-order valence-corrected chi connectivity index (χ3v) is 5.70. The minimum Gasteiger partial charge on any atom is -0.478 e. The van der Waals surface area contributed by atoms with Crippen molar-refractivity contribution < 1.29 is 14.7 Å². The Morgan fingerprint density at radius 1 is 1.23 bits per heavy atom. The van der Waals surface area contributed by atoms with Crippen LogP contribution in [0.4, 0.5) is 5.69 Å². The molecular formula is C17H23NO3S. The zero-order valence-corrected chi connectivity index (χ0v) is 13.7. The first-order valence-corrected chi connectivity index (χ1v) is 8.84. The quantitative estimate of drug-likeness (QED) is 0.825. The van der Waals surface area contributed by atoms with Crippen LogP contribution in [0.15, 0.2) is 24.3 Å². The van der Waals surface area contributed by atoms with Gasteiger partial charge in [-0.05, 0) is 43.5 Å². The molecule has 0 aromatic heterocycles. The zero-order valence-electron chi connectivity index (χ0n) is 12.9. The van der Waals surface area contributed by atoms with Gasteiger partial charge in [-0.3, -0.25) is 4.79 Å². The molecule has 2 N–H and O–H groups in total. The number of benzene rings is 1. The molecule has 0 bridgehead atoms. The molecule has 1 aliphatic rings. The number of hydrogen-bond acceptors (Lipinski definition) is 3. The van der Waals surface area contributed by atoms with Gasteiger partial charge in [0.1, 0.15) is 0 Å². The summed E-state index contributed by atoms with van der Waals surface area (Å²) in [5.74, 6) is -0.946. The van der Waals surface area contributed by atoms with Gasteiger partial charge in [-0.25, -0.2) is 4.79 Å². The van der Waals surface area contributed by atoms with E-state index in [1.54, 1.807) is 23.9 Å². The maximum Gasteiger partial charge on any atom is 0.335 e. The van der Waals surface area contributed by atoms with E-state index in [1.807, 2.05) is 6.92 Å². The summed E-state index contributed by atoms with van der Waals surface area (Å²) in [6.45, 7) is 2.04. The second-order valence-corrected chi connectivity index (χ2v) is 7.17. The molecule has 22 heavy (non-hydrogen) atoms. The summed E-state index contributed by atoms with van der Waals surface area (Å²) in [6, 6.07) is 6.29. The number of carbonyl (C=O) groups is 2. The number of thioether (sulfide) groups is 1. The first-order chi connectivity index (χ1) is 10.6. The Bertz CT molecular complexity index is 509. The summed E-state index contributed by atoms with van der Waals surface area (Å²) in [4.78, 5) is 23.2. The maximum absolute atomic E-state index is 12.4. The molecule has 5 heteroatoms. The minimum absolute atomic E-state index is 0.0150. The molecule has 2 rings (SSSR count). The third-order valence-electron chi connectivity index (χ3n) is 3.97. The summed E-state index contributed by atoms with van der Waals surface area (Å²) >= 11 is 1.79. The number of hydrogen-bond donors (Lipinski definition) is 2. The molecule has 0 heterocycles. The molecule has 120 valence electrons. The summed E-state index contributed by atoms with van der Waals surface area (Å²) in [5, 5.41) is 12.3. The number of aromatic carboxylic acids is 1. The standard InChI is InChI=1S/C17H23NO3S/c1-2-15(22-14-6-4-3-5-7-14)16(19)18-13-10-8-12(9-11-13)17(20)21/h8-11,14-15H,2-7H2,1H3,(H,18,19)(H,20,21). The highest BCUT2D eigenvalue weighted by Crippen LogP contribution is 2.32. The van der Waals surface area contributed by atoms with Gasteiger partial charge in [0.15, 0.2) is 0 Å². The molecule has 1 unspecified atom stereocenters. The maximum atomic E-state index is 12.4. The number of carboxylic acids is 1. The average molecular weight is 321 g/mol. The van der Waals surface area contributed by atoms with E-state index in [0.29, 0.717) is 10.9 Å². The van der Waals surface area contributed by atoms with Crippen molar-refractivity contribution in [3.63, 3.8) is 0 Å². The van der Waals surface area contributed by atoms with Crippen molar-refractivity contribution in [1.82, 2.24) is 0 Å². The fraction of sp³-hybridized carbons (Fsp3) is 0.529. The van der Waals surface area contributed by atoms with Gasteiger partial charge in [-0.2, -0.15) is 0 Å². The Morgan fingerprint density at radius 2 is 1.86 bits per heavy atom. The van der Waals surface area contributed by atoms with Gasteiger partial charge < -0.3 is 10.4 Å². The van der Waals surface area contributed by atoms with E-state index >= 15 is 0 Å². The lowest BCUT2D eigenvalue weighted by atomic mass is 10.0. The van der Waals surface area contributed by atoms with Crippen molar-refractivity contribution >= 4 is 29.3 Å². The first kappa shape index (κ1) is 16.9. The third kappa shape index (κ3) is 4.77. The number of rotatable bonds is 6. The van der Waals surface area contributed by atoms with Crippen molar-refractivity contribution in [3.05, 3.63) is 29.8 Å². The molecule has 1 aliphatic carbocycles. The van der Waals surface area contributed by atoms with E-state index in [1.165, 1.54) is 44.2 Å². The van der Waals surface area contributed by atoms with Crippen LogP contribution in [0.25, 0.3) is 0 Å². The first-order valence-electron chi connectivity index (χ1n) is 7.90. The van der Waals surface area contributed by atoms with Crippen LogP contribution in [0, 0.1) is 0 Å². The van der Waals surface area contributed by atoms with Crippen molar-refractivity contribution in [2.75, 3.05) is 5.32 Å². The van der Waals surface area contributed by atoms with Gasteiger partial charge in [0.05, 0.1) is 10.8 Å². The predicted molar refractivity (Wildman–Crippen MR) is 90.6 cm³/mol. The van der Waals surface area contributed by atoms with Crippen molar-refractivity contribution in [2.24, 2.45) is 0 Å². The Morgan fingerprint density at radius 3 is 2.41 bits per heavy atom. The predicted octanol–water partition coefficient (Wildman–Crippen LogP) is 4.17. The van der Waals surface area contributed by atoms with Crippen LogP contribution in [0.5, 0.6) is 0 Å². The van der Waals surface area contributed by atoms with Gasteiger partial charge >= 0.3 is 5.97 Å². The van der Waals surface area contributed by atoms with Gasteiger partial charge in [0.25, 0.3) is 0 Å². The summed E-state index contributed by atoms with van der Waals surface area (Å²) in [6.07, 6.45) is 7.08. The van der Waals surface area contributed by atoms with E-state index in [-0.39, 0.29) is 16.7 Å². The largest absolute Gasteiger partial charge is 0.478 e.